The predicted octanol–water partition coefficient (Wildman–Crippen LogP) is 5.29. The zero-order valence-electron chi connectivity index (χ0n) is 11.1. The number of hydrogen-bond acceptors (Lipinski definition) is 2. The van der Waals surface area contributed by atoms with Crippen LogP contribution in [0.3, 0.4) is 0 Å². The van der Waals surface area contributed by atoms with Gasteiger partial charge in [0, 0.05) is 0 Å². The van der Waals surface area contributed by atoms with Gasteiger partial charge in [0.1, 0.15) is 5.75 Å². The smallest absolute Gasteiger partial charge is 0.150 e. The molecule has 0 aliphatic rings. The number of hydrogen-bond donors (Lipinski definition) is 1. The van der Waals surface area contributed by atoms with E-state index in [1.165, 1.54) is 5.39 Å². The molecule has 0 heterocycles. The van der Waals surface area contributed by atoms with Gasteiger partial charge in [0.25, 0.3) is 0 Å². The quantitative estimate of drug-likeness (QED) is 0.649. The highest BCUT2D eigenvalue weighted by atomic mass is 79.9. The second kappa shape index (κ2) is 5.17. The molecule has 0 aliphatic heterocycles. The fourth-order valence-electron chi connectivity index (χ4n) is 2.15. The SMILES string of the molecule is Cc1cccc(Oc2ccc3ccccc3c2Br)c1N. The number of nitrogen functional groups attached to an aromatic ring is 1. The fraction of sp³-hybridized carbons (Fsp3) is 0.0588. The minimum absolute atomic E-state index is 0.674. The van der Waals surface area contributed by atoms with Crippen molar-refractivity contribution >= 4 is 32.4 Å². The Hall–Kier alpha value is -2.00. The van der Waals surface area contributed by atoms with Crippen molar-refractivity contribution in [1.82, 2.24) is 0 Å². The van der Waals surface area contributed by atoms with E-state index in [4.69, 9.17) is 10.5 Å². The molecule has 100 valence electrons. The third-order valence-corrected chi connectivity index (χ3v) is 4.15. The number of aryl methyl sites for hydroxylation is 1. The molecule has 20 heavy (non-hydrogen) atoms. The Morgan fingerprint density at radius 2 is 1.70 bits per heavy atom. The topological polar surface area (TPSA) is 35.2 Å². The molecule has 3 heteroatoms. The number of rotatable bonds is 2. The molecule has 3 aromatic carbocycles. The van der Waals surface area contributed by atoms with Crippen LogP contribution in [-0.4, -0.2) is 0 Å². The fourth-order valence-corrected chi connectivity index (χ4v) is 2.73. The molecule has 0 aromatic heterocycles. The summed E-state index contributed by atoms with van der Waals surface area (Å²) >= 11 is 3.62. The summed E-state index contributed by atoms with van der Waals surface area (Å²) in [4.78, 5) is 0. The lowest BCUT2D eigenvalue weighted by atomic mass is 10.1. The Balaban J connectivity index is 2.07. The van der Waals surface area contributed by atoms with Gasteiger partial charge in [-0.05, 0) is 51.3 Å². The average molecular weight is 328 g/mol. The molecule has 0 radical (unpaired) electrons. The van der Waals surface area contributed by atoms with Crippen LogP contribution in [0.4, 0.5) is 5.69 Å². The second-order valence-corrected chi connectivity index (χ2v) is 5.48. The van der Waals surface area contributed by atoms with Crippen LogP contribution in [0.25, 0.3) is 10.8 Å². The van der Waals surface area contributed by atoms with Crippen LogP contribution in [0.2, 0.25) is 0 Å². The van der Waals surface area contributed by atoms with E-state index in [2.05, 4.69) is 28.1 Å². The first-order valence-electron chi connectivity index (χ1n) is 6.37. The van der Waals surface area contributed by atoms with Crippen LogP contribution in [0.15, 0.2) is 59.1 Å². The number of para-hydroxylation sites is 1. The van der Waals surface area contributed by atoms with Crippen molar-refractivity contribution in [3.8, 4) is 11.5 Å². The Kier molecular flexibility index (Phi) is 3.36. The molecule has 3 aromatic rings. The van der Waals surface area contributed by atoms with Gasteiger partial charge in [0.2, 0.25) is 0 Å². The second-order valence-electron chi connectivity index (χ2n) is 4.69. The zero-order valence-corrected chi connectivity index (χ0v) is 12.6. The molecule has 0 fully saturated rings. The van der Waals surface area contributed by atoms with E-state index in [1.54, 1.807) is 0 Å². The summed E-state index contributed by atoms with van der Waals surface area (Å²) in [6.07, 6.45) is 0. The van der Waals surface area contributed by atoms with E-state index in [0.717, 1.165) is 21.2 Å². The van der Waals surface area contributed by atoms with E-state index in [0.29, 0.717) is 11.4 Å². The van der Waals surface area contributed by atoms with Crippen LogP contribution in [0.1, 0.15) is 5.56 Å². The monoisotopic (exact) mass is 327 g/mol. The highest BCUT2D eigenvalue weighted by molar-refractivity contribution is 9.10. The van der Waals surface area contributed by atoms with E-state index < -0.39 is 0 Å². The summed E-state index contributed by atoms with van der Waals surface area (Å²) in [6.45, 7) is 1.97. The predicted molar refractivity (Wildman–Crippen MR) is 87.3 cm³/mol. The normalized spacial score (nSPS) is 10.7. The Bertz CT molecular complexity index is 783. The van der Waals surface area contributed by atoms with Crippen molar-refractivity contribution in [2.75, 3.05) is 5.73 Å². The number of anilines is 1. The molecule has 0 spiro atoms. The van der Waals surface area contributed by atoms with Gasteiger partial charge in [0.15, 0.2) is 5.75 Å². The van der Waals surface area contributed by atoms with Crippen molar-refractivity contribution in [3.63, 3.8) is 0 Å². The molecular weight excluding hydrogens is 314 g/mol. The van der Waals surface area contributed by atoms with Crippen LogP contribution < -0.4 is 10.5 Å². The highest BCUT2D eigenvalue weighted by Gasteiger charge is 2.09. The lowest BCUT2D eigenvalue weighted by Crippen LogP contribution is -1.95. The molecular formula is C17H14BrNO. The molecule has 0 aliphatic carbocycles. The number of halogens is 1. The summed E-state index contributed by atoms with van der Waals surface area (Å²) in [5.41, 5.74) is 7.74. The molecule has 0 amide bonds. The Labute approximate surface area is 126 Å². The van der Waals surface area contributed by atoms with Gasteiger partial charge in [-0.2, -0.15) is 0 Å². The number of nitrogens with two attached hydrogens (primary N) is 1. The molecule has 0 saturated carbocycles. The summed E-state index contributed by atoms with van der Waals surface area (Å²) < 4.78 is 6.90. The minimum atomic E-state index is 0.674. The highest BCUT2D eigenvalue weighted by Crippen LogP contribution is 2.37. The average Bonchev–Trinajstić information content (AvgIpc) is 2.47. The minimum Gasteiger partial charge on any atom is -0.454 e. The molecule has 0 atom stereocenters. The Morgan fingerprint density at radius 1 is 0.900 bits per heavy atom. The number of fused-ring (bicyclic) bond motifs is 1. The van der Waals surface area contributed by atoms with Crippen molar-refractivity contribution in [2.45, 2.75) is 6.92 Å². The van der Waals surface area contributed by atoms with Crippen LogP contribution >= 0.6 is 15.9 Å². The summed E-state index contributed by atoms with van der Waals surface area (Å²) in [5.74, 6) is 1.45. The maximum absolute atomic E-state index is 6.05. The summed E-state index contributed by atoms with van der Waals surface area (Å²) in [7, 11) is 0. The van der Waals surface area contributed by atoms with Gasteiger partial charge in [-0.25, -0.2) is 0 Å². The van der Waals surface area contributed by atoms with Crippen molar-refractivity contribution in [3.05, 3.63) is 64.6 Å². The first kappa shape index (κ1) is 13.0. The van der Waals surface area contributed by atoms with Crippen LogP contribution in [0.5, 0.6) is 11.5 Å². The molecule has 0 unspecified atom stereocenters. The number of benzene rings is 3. The standard InChI is InChI=1S/C17H14BrNO/c1-11-5-4-8-15(17(11)19)20-14-10-9-12-6-2-3-7-13(12)16(14)18/h2-10H,19H2,1H3. The van der Waals surface area contributed by atoms with Gasteiger partial charge in [0.05, 0.1) is 10.2 Å². The van der Waals surface area contributed by atoms with Gasteiger partial charge >= 0.3 is 0 Å². The lowest BCUT2D eigenvalue weighted by Gasteiger charge is -2.12. The van der Waals surface area contributed by atoms with Gasteiger partial charge in [-0.3, -0.25) is 0 Å². The molecule has 2 N–H and O–H groups in total. The van der Waals surface area contributed by atoms with E-state index in [1.807, 2.05) is 49.4 Å². The molecule has 3 rings (SSSR count). The zero-order chi connectivity index (χ0) is 14.1. The number of ether oxygens (including phenoxy) is 1. The summed E-state index contributed by atoms with van der Waals surface area (Å²) in [5, 5.41) is 2.29. The van der Waals surface area contributed by atoms with Gasteiger partial charge in [-0.15, -0.1) is 0 Å². The van der Waals surface area contributed by atoms with Crippen LogP contribution in [0, 0.1) is 6.92 Å². The molecule has 0 bridgehead atoms. The third kappa shape index (κ3) is 2.25. The van der Waals surface area contributed by atoms with Crippen molar-refractivity contribution < 1.29 is 4.74 Å². The van der Waals surface area contributed by atoms with E-state index in [-0.39, 0.29) is 0 Å². The Morgan fingerprint density at radius 3 is 2.55 bits per heavy atom. The largest absolute Gasteiger partial charge is 0.454 e. The maximum Gasteiger partial charge on any atom is 0.150 e. The van der Waals surface area contributed by atoms with Crippen LogP contribution in [-0.2, 0) is 0 Å². The lowest BCUT2D eigenvalue weighted by molar-refractivity contribution is 0.482. The first-order chi connectivity index (χ1) is 9.66. The first-order valence-corrected chi connectivity index (χ1v) is 7.16. The third-order valence-electron chi connectivity index (χ3n) is 3.33. The molecule has 0 saturated heterocycles. The van der Waals surface area contributed by atoms with E-state index >= 15 is 0 Å². The molecule has 2 nitrogen and oxygen atoms in total. The summed E-state index contributed by atoms with van der Waals surface area (Å²) in [6, 6.07) is 18.0. The van der Waals surface area contributed by atoms with Crippen molar-refractivity contribution in [2.24, 2.45) is 0 Å². The van der Waals surface area contributed by atoms with E-state index in [9.17, 15) is 0 Å². The van der Waals surface area contributed by atoms with Crippen molar-refractivity contribution in [1.29, 1.82) is 0 Å². The maximum atomic E-state index is 6.05. The van der Waals surface area contributed by atoms with Gasteiger partial charge < -0.3 is 10.5 Å². The van der Waals surface area contributed by atoms with Gasteiger partial charge in [-0.1, -0.05) is 42.5 Å².